The first-order chi connectivity index (χ1) is 13.0. The molecule has 0 spiro atoms. The zero-order valence-electron chi connectivity index (χ0n) is 15.0. The molecule has 140 valence electrons. The van der Waals surface area contributed by atoms with Crippen molar-refractivity contribution in [3.8, 4) is 5.75 Å². The molecule has 7 nitrogen and oxygen atoms in total. The lowest BCUT2D eigenvalue weighted by Crippen LogP contribution is -2.16. The van der Waals surface area contributed by atoms with Crippen LogP contribution in [0.15, 0.2) is 71.6 Å². The van der Waals surface area contributed by atoms with Crippen molar-refractivity contribution in [3.05, 3.63) is 66.7 Å². The van der Waals surface area contributed by atoms with Crippen LogP contribution < -0.4 is 14.4 Å². The van der Waals surface area contributed by atoms with Crippen LogP contribution in [0.4, 0.5) is 17.3 Å². The Morgan fingerprint density at radius 1 is 0.963 bits per heavy atom. The van der Waals surface area contributed by atoms with Gasteiger partial charge in [0.2, 0.25) is 0 Å². The molecule has 0 radical (unpaired) electrons. The fraction of sp³-hybridized carbons (Fsp3) is 0.158. The average molecular weight is 384 g/mol. The van der Waals surface area contributed by atoms with E-state index in [-0.39, 0.29) is 10.7 Å². The van der Waals surface area contributed by atoms with Gasteiger partial charge in [-0.15, -0.1) is 10.2 Å². The smallest absolute Gasteiger partial charge is 0.263 e. The maximum Gasteiger partial charge on any atom is 0.263 e. The van der Waals surface area contributed by atoms with Gasteiger partial charge in [-0.25, -0.2) is 8.42 Å². The summed E-state index contributed by atoms with van der Waals surface area (Å²) < 4.78 is 32.7. The predicted molar refractivity (Wildman–Crippen MR) is 105 cm³/mol. The van der Waals surface area contributed by atoms with Gasteiger partial charge < -0.3 is 9.64 Å². The van der Waals surface area contributed by atoms with Gasteiger partial charge in [-0.1, -0.05) is 18.2 Å². The number of benzene rings is 2. The molecule has 1 heterocycles. The van der Waals surface area contributed by atoms with Crippen LogP contribution in [0.5, 0.6) is 5.75 Å². The quantitative estimate of drug-likeness (QED) is 0.672. The maximum absolute atomic E-state index is 12.5. The largest absolute Gasteiger partial charge is 0.494 e. The molecule has 0 fully saturated rings. The van der Waals surface area contributed by atoms with E-state index in [1.165, 1.54) is 12.1 Å². The Morgan fingerprint density at radius 2 is 1.67 bits per heavy atom. The number of aromatic nitrogens is 2. The molecule has 1 aromatic heterocycles. The predicted octanol–water partition coefficient (Wildman–Crippen LogP) is 3.44. The Labute approximate surface area is 158 Å². The lowest BCUT2D eigenvalue weighted by molar-refractivity contribution is 0.340. The molecule has 0 aliphatic heterocycles. The monoisotopic (exact) mass is 384 g/mol. The van der Waals surface area contributed by atoms with Gasteiger partial charge >= 0.3 is 0 Å². The van der Waals surface area contributed by atoms with E-state index >= 15 is 0 Å². The first kappa shape index (κ1) is 18.7. The second-order valence-corrected chi connectivity index (χ2v) is 7.36. The minimum Gasteiger partial charge on any atom is -0.494 e. The summed E-state index contributed by atoms with van der Waals surface area (Å²) in [5, 5.41) is 8.08. The molecule has 3 aromatic rings. The number of hydrogen-bond acceptors (Lipinski definition) is 6. The highest BCUT2D eigenvalue weighted by molar-refractivity contribution is 7.92. The molecule has 0 saturated heterocycles. The van der Waals surface area contributed by atoms with Crippen molar-refractivity contribution in [2.75, 3.05) is 23.3 Å². The van der Waals surface area contributed by atoms with Crippen molar-refractivity contribution in [3.63, 3.8) is 0 Å². The van der Waals surface area contributed by atoms with Crippen LogP contribution in [-0.2, 0) is 10.0 Å². The first-order valence-corrected chi connectivity index (χ1v) is 9.86. The van der Waals surface area contributed by atoms with Crippen LogP contribution in [0.1, 0.15) is 6.92 Å². The van der Waals surface area contributed by atoms with Gasteiger partial charge in [0.1, 0.15) is 5.75 Å². The van der Waals surface area contributed by atoms with Gasteiger partial charge in [-0.3, -0.25) is 4.72 Å². The van der Waals surface area contributed by atoms with Crippen molar-refractivity contribution in [1.82, 2.24) is 10.2 Å². The van der Waals surface area contributed by atoms with Crippen LogP contribution >= 0.6 is 0 Å². The Hall–Kier alpha value is -3.13. The van der Waals surface area contributed by atoms with Crippen molar-refractivity contribution in [2.45, 2.75) is 11.8 Å². The fourth-order valence-electron chi connectivity index (χ4n) is 2.42. The van der Waals surface area contributed by atoms with Gasteiger partial charge in [0.25, 0.3) is 10.0 Å². The van der Waals surface area contributed by atoms with E-state index in [0.29, 0.717) is 18.2 Å². The number of para-hydroxylation sites is 1. The molecule has 0 unspecified atom stereocenters. The van der Waals surface area contributed by atoms with E-state index in [0.717, 1.165) is 5.69 Å². The highest BCUT2D eigenvalue weighted by Gasteiger charge is 2.15. The third-order valence-corrected chi connectivity index (χ3v) is 5.19. The Morgan fingerprint density at radius 3 is 2.26 bits per heavy atom. The van der Waals surface area contributed by atoms with Crippen molar-refractivity contribution in [1.29, 1.82) is 0 Å². The number of hydrogen-bond donors (Lipinski definition) is 1. The topological polar surface area (TPSA) is 84.4 Å². The Balaban J connectivity index is 1.73. The highest BCUT2D eigenvalue weighted by atomic mass is 32.2. The molecule has 27 heavy (non-hydrogen) atoms. The summed E-state index contributed by atoms with van der Waals surface area (Å²) in [4.78, 5) is 1.98. The minimum atomic E-state index is -3.75. The number of nitrogens with zero attached hydrogens (tertiary/aromatic N) is 3. The molecular weight excluding hydrogens is 364 g/mol. The molecule has 3 rings (SSSR count). The summed E-state index contributed by atoms with van der Waals surface area (Å²) in [6.07, 6.45) is 0. The average Bonchev–Trinajstić information content (AvgIpc) is 2.69. The van der Waals surface area contributed by atoms with Crippen LogP contribution in [0, 0.1) is 0 Å². The Bertz CT molecular complexity index is 976. The first-order valence-electron chi connectivity index (χ1n) is 8.38. The third kappa shape index (κ3) is 4.53. The van der Waals surface area contributed by atoms with E-state index in [4.69, 9.17) is 4.74 Å². The second kappa shape index (κ2) is 8.05. The summed E-state index contributed by atoms with van der Waals surface area (Å²) in [7, 11) is -1.89. The van der Waals surface area contributed by atoms with Crippen LogP contribution in [0.2, 0.25) is 0 Å². The number of ether oxygens (including phenoxy) is 1. The molecule has 1 N–H and O–H groups in total. The molecule has 0 atom stereocenters. The summed E-state index contributed by atoms with van der Waals surface area (Å²) >= 11 is 0. The molecule has 2 aromatic carbocycles. The normalized spacial score (nSPS) is 11.0. The number of nitrogens with one attached hydrogen (secondary N) is 1. The lowest BCUT2D eigenvalue weighted by atomic mass is 10.3. The molecule has 0 bridgehead atoms. The van der Waals surface area contributed by atoms with Gasteiger partial charge in [0.05, 0.1) is 11.5 Å². The van der Waals surface area contributed by atoms with Gasteiger partial charge in [-0.2, -0.15) is 0 Å². The molecular formula is C19H20N4O3S. The fourth-order valence-corrected chi connectivity index (χ4v) is 3.42. The van der Waals surface area contributed by atoms with E-state index in [9.17, 15) is 8.42 Å². The van der Waals surface area contributed by atoms with E-state index in [1.54, 1.807) is 24.3 Å². The Kier molecular flexibility index (Phi) is 5.56. The second-order valence-electron chi connectivity index (χ2n) is 5.68. The van der Waals surface area contributed by atoms with E-state index < -0.39 is 10.0 Å². The number of sulfonamides is 1. The van der Waals surface area contributed by atoms with Crippen LogP contribution in [0.25, 0.3) is 0 Å². The van der Waals surface area contributed by atoms with E-state index in [1.807, 2.05) is 49.2 Å². The molecule has 0 aliphatic carbocycles. The molecule has 0 saturated carbocycles. The third-order valence-electron chi connectivity index (χ3n) is 3.82. The van der Waals surface area contributed by atoms with Crippen molar-refractivity contribution in [2.24, 2.45) is 0 Å². The van der Waals surface area contributed by atoms with Gasteiger partial charge in [0, 0.05) is 12.7 Å². The highest BCUT2D eigenvalue weighted by Crippen LogP contribution is 2.22. The van der Waals surface area contributed by atoms with Crippen molar-refractivity contribution >= 4 is 27.3 Å². The molecule has 0 aliphatic rings. The summed E-state index contributed by atoms with van der Waals surface area (Å²) in [6, 6.07) is 19.2. The minimum absolute atomic E-state index is 0.123. The zero-order valence-corrected chi connectivity index (χ0v) is 15.8. The van der Waals surface area contributed by atoms with E-state index in [2.05, 4.69) is 14.9 Å². The van der Waals surface area contributed by atoms with Crippen molar-refractivity contribution < 1.29 is 13.2 Å². The van der Waals surface area contributed by atoms with Crippen LogP contribution in [0.3, 0.4) is 0 Å². The zero-order chi connectivity index (χ0) is 19.3. The summed E-state index contributed by atoms with van der Waals surface area (Å²) in [6.45, 7) is 2.38. The maximum atomic E-state index is 12.5. The molecule has 8 heteroatoms. The van der Waals surface area contributed by atoms with Crippen LogP contribution in [-0.4, -0.2) is 32.3 Å². The standard InChI is InChI=1S/C19H20N4O3S/c1-3-26-16-9-11-17(12-10-16)27(24,25)22-18-13-14-19(21-20-18)23(2)15-7-5-4-6-8-15/h4-14H,3H2,1-2H3,(H,20,22). The molecule has 0 amide bonds. The van der Waals surface area contributed by atoms with Gasteiger partial charge in [0.15, 0.2) is 11.6 Å². The number of anilines is 3. The number of rotatable bonds is 7. The van der Waals surface area contributed by atoms with Gasteiger partial charge in [-0.05, 0) is 55.5 Å². The lowest BCUT2D eigenvalue weighted by Gasteiger charge is -2.17. The summed E-state index contributed by atoms with van der Waals surface area (Å²) in [5.74, 6) is 1.36. The SMILES string of the molecule is CCOc1ccc(S(=O)(=O)Nc2ccc(N(C)c3ccccc3)nn2)cc1. The summed E-state index contributed by atoms with van der Waals surface area (Å²) in [5.41, 5.74) is 0.953.